The highest BCUT2D eigenvalue weighted by Gasteiger charge is 2.21. The number of aromatic amines is 1. The SMILES string of the molecule is c1ccc(CN2CCC(NCCc3ncc[nH]3)C2)cc1. The standard InChI is InChI=1S/C16H22N4/c1-2-4-14(5-3-1)12-20-11-7-15(13-20)17-8-6-16-18-9-10-19-16/h1-5,9-10,15,17H,6-8,11-13H2,(H,18,19). The second-order valence-electron chi connectivity index (χ2n) is 5.45. The quantitative estimate of drug-likeness (QED) is 0.841. The number of hydrogen-bond donors (Lipinski definition) is 2. The van der Waals surface area contributed by atoms with Crippen LogP contribution >= 0.6 is 0 Å². The van der Waals surface area contributed by atoms with Crippen molar-refractivity contribution in [1.82, 2.24) is 20.2 Å². The number of imidazole rings is 1. The molecule has 4 heteroatoms. The minimum absolute atomic E-state index is 0.619. The van der Waals surface area contributed by atoms with Gasteiger partial charge in [-0.2, -0.15) is 0 Å². The molecule has 1 aliphatic rings. The monoisotopic (exact) mass is 270 g/mol. The summed E-state index contributed by atoms with van der Waals surface area (Å²) < 4.78 is 0. The zero-order chi connectivity index (χ0) is 13.6. The predicted molar refractivity (Wildman–Crippen MR) is 80.4 cm³/mol. The maximum absolute atomic E-state index is 4.25. The van der Waals surface area contributed by atoms with Crippen molar-refractivity contribution in [2.45, 2.75) is 25.4 Å². The molecule has 1 unspecified atom stereocenters. The molecule has 0 saturated carbocycles. The molecule has 1 aromatic heterocycles. The number of benzene rings is 1. The van der Waals surface area contributed by atoms with E-state index in [1.165, 1.54) is 18.5 Å². The highest BCUT2D eigenvalue weighted by Crippen LogP contribution is 2.13. The summed E-state index contributed by atoms with van der Waals surface area (Å²) in [6.07, 6.45) is 5.91. The summed E-state index contributed by atoms with van der Waals surface area (Å²) in [7, 11) is 0. The second-order valence-corrected chi connectivity index (χ2v) is 5.45. The first-order valence-electron chi connectivity index (χ1n) is 7.38. The van der Waals surface area contributed by atoms with E-state index in [1.807, 2.05) is 12.4 Å². The third-order valence-corrected chi connectivity index (χ3v) is 3.87. The van der Waals surface area contributed by atoms with E-state index in [0.717, 1.165) is 31.9 Å². The first-order valence-corrected chi connectivity index (χ1v) is 7.38. The minimum Gasteiger partial charge on any atom is -0.349 e. The molecule has 20 heavy (non-hydrogen) atoms. The molecule has 1 saturated heterocycles. The van der Waals surface area contributed by atoms with Crippen molar-refractivity contribution in [2.75, 3.05) is 19.6 Å². The average molecular weight is 270 g/mol. The molecule has 1 aromatic carbocycles. The van der Waals surface area contributed by atoms with Crippen LogP contribution in [0.1, 0.15) is 17.8 Å². The van der Waals surface area contributed by atoms with Gasteiger partial charge in [-0.1, -0.05) is 30.3 Å². The lowest BCUT2D eigenvalue weighted by Crippen LogP contribution is -2.33. The minimum atomic E-state index is 0.619. The van der Waals surface area contributed by atoms with E-state index in [0.29, 0.717) is 6.04 Å². The summed E-state index contributed by atoms with van der Waals surface area (Å²) >= 11 is 0. The lowest BCUT2D eigenvalue weighted by molar-refractivity contribution is 0.320. The van der Waals surface area contributed by atoms with Gasteiger partial charge in [0.25, 0.3) is 0 Å². The van der Waals surface area contributed by atoms with Crippen LogP contribution in [-0.4, -0.2) is 40.5 Å². The molecule has 0 spiro atoms. The van der Waals surface area contributed by atoms with E-state index in [-0.39, 0.29) is 0 Å². The average Bonchev–Trinajstić information content (AvgIpc) is 3.12. The Bertz CT molecular complexity index is 494. The summed E-state index contributed by atoms with van der Waals surface area (Å²) in [6, 6.07) is 11.3. The summed E-state index contributed by atoms with van der Waals surface area (Å²) in [4.78, 5) is 9.92. The van der Waals surface area contributed by atoms with Crippen molar-refractivity contribution in [3.63, 3.8) is 0 Å². The van der Waals surface area contributed by atoms with Gasteiger partial charge in [0.05, 0.1) is 0 Å². The Morgan fingerprint density at radius 1 is 1.30 bits per heavy atom. The van der Waals surface area contributed by atoms with Crippen LogP contribution in [0.25, 0.3) is 0 Å². The van der Waals surface area contributed by atoms with E-state index in [1.54, 1.807) is 0 Å². The first kappa shape index (κ1) is 13.3. The smallest absolute Gasteiger partial charge is 0.107 e. The van der Waals surface area contributed by atoms with Gasteiger partial charge in [-0.25, -0.2) is 4.98 Å². The van der Waals surface area contributed by atoms with Gasteiger partial charge in [0.15, 0.2) is 0 Å². The second kappa shape index (κ2) is 6.68. The van der Waals surface area contributed by atoms with Crippen molar-refractivity contribution in [3.05, 3.63) is 54.1 Å². The fourth-order valence-electron chi connectivity index (χ4n) is 2.81. The van der Waals surface area contributed by atoms with Gasteiger partial charge in [0.1, 0.15) is 5.82 Å². The molecule has 2 N–H and O–H groups in total. The van der Waals surface area contributed by atoms with Gasteiger partial charge >= 0.3 is 0 Å². The van der Waals surface area contributed by atoms with Crippen molar-refractivity contribution in [1.29, 1.82) is 0 Å². The lowest BCUT2D eigenvalue weighted by Gasteiger charge is -2.16. The molecule has 3 rings (SSSR count). The Labute approximate surface area is 120 Å². The Morgan fingerprint density at radius 2 is 2.20 bits per heavy atom. The van der Waals surface area contributed by atoms with Crippen LogP contribution in [0.3, 0.4) is 0 Å². The summed E-state index contributed by atoms with van der Waals surface area (Å²) in [5.41, 5.74) is 1.41. The molecule has 0 aliphatic carbocycles. The summed E-state index contributed by atoms with van der Waals surface area (Å²) in [5, 5.41) is 3.63. The lowest BCUT2D eigenvalue weighted by atomic mass is 10.2. The Kier molecular flexibility index (Phi) is 4.46. The summed E-state index contributed by atoms with van der Waals surface area (Å²) in [6.45, 7) is 4.40. The molecule has 0 amide bonds. The van der Waals surface area contributed by atoms with Crippen LogP contribution in [0.2, 0.25) is 0 Å². The number of nitrogens with zero attached hydrogens (tertiary/aromatic N) is 2. The fourth-order valence-corrected chi connectivity index (χ4v) is 2.81. The van der Waals surface area contributed by atoms with Gasteiger partial charge in [-0.3, -0.25) is 4.90 Å². The molecule has 2 aromatic rings. The van der Waals surface area contributed by atoms with Gasteiger partial charge in [0, 0.05) is 51.0 Å². The molecule has 1 atom stereocenters. The Hall–Kier alpha value is -1.65. The normalized spacial score (nSPS) is 19.5. The molecule has 0 bridgehead atoms. The highest BCUT2D eigenvalue weighted by molar-refractivity contribution is 5.14. The first-order chi connectivity index (χ1) is 9.90. The topological polar surface area (TPSA) is 44.0 Å². The van der Waals surface area contributed by atoms with E-state index >= 15 is 0 Å². The molecule has 106 valence electrons. The van der Waals surface area contributed by atoms with Gasteiger partial charge in [-0.15, -0.1) is 0 Å². The largest absolute Gasteiger partial charge is 0.349 e. The van der Waals surface area contributed by atoms with E-state index in [9.17, 15) is 0 Å². The van der Waals surface area contributed by atoms with Crippen LogP contribution in [0.4, 0.5) is 0 Å². The predicted octanol–water partition coefficient (Wildman–Crippen LogP) is 1.82. The maximum Gasteiger partial charge on any atom is 0.107 e. The Morgan fingerprint density at radius 3 is 3.00 bits per heavy atom. The number of nitrogens with one attached hydrogen (secondary N) is 2. The van der Waals surface area contributed by atoms with E-state index in [4.69, 9.17) is 0 Å². The van der Waals surface area contributed by atoms with Crippen molar-refractivity contribution in [3.8, 4) is 0 Å². The van der Waals surface area contributed by atoms with Crippen LogP contribution in [-0.2, 0) is 13.0 Å². The molecule has 2 heterocycles. The molecule has 1 aliphatic heterocycles. The third kappa shape index (κ3) is 3.68. The van der Waals surface area contributed by atoms with Crippen LogP contribution in [0, 0.1) is 0 Å². The summed E-state index contributed by atoms with van der Waals surface area (Å²) in [5.74, 6) is 1.07. The van der Waals surface area contributed by atoms with Crippen molar-refractivity contribution >= 4 is 0 Å². The number of aromatic nitrogens is 2. The van der Waals surface area contributed by atoms with Gasteiger partial charge in [0.2, 0.25) is 0 Å². The van der Waals surface area contributed by atoms with E-state index in [2.05, 4.69) is 50.5 Å². The van der Waals surface area contributed by atoms with Crippen molar-refractivity contribution < 1.29 is 0 Å². The molecule has 0 radical (unpaired) electrons. The van der Waals surface area contributed by atoms with Crippen LogP contribution in [0.15, 0.2) is 42.7 Å². The maximum atomic E-state index is 4.25. The number of hydrogen-bond acceptors (Lipinski definition) is 3. The number of likely N-dealkylation sites (tertiary alicyclic amines) is 1. The molecular weight excluding hydrogens is 248 g/mol. The van der Waals surface area contributed by atoms with Gasteiger partial charge < -0.3 is 10.3 Å². The number of H-pyrrole nitrogens is 1. The number of rotatable bonds is 6. The van der Waals surface area contributed by atoms with Crippen LogP contribution in [0.5, 0.6) is 0 Å². The fraction of sp³-hybridized carbons (Fsp3) is 0.438. The zero-order valence-electron chi connectivity index (χ0n) is 11.8. The molecule has 1 fully saturated rings. The van der Waals surface area contributed by atoms with E-state index < -0.39 is 0 Å². The molecular formula is C16H22N4. The third-order valence-electron chi connectivity index (χ3n) is 3.87. The Balaban J connectivity index is 1.38. The van der Waals surface area contributed by atoms with Crippen molar-refractivity contribution in [2.24, 2.45) is 0 Å². The van der Waals surface area contributed by atoms with Gasteiger partial charge in [-0.05, 0) is 12.0 Å². The zero-order valence-corrected chi connectivity index (χ0v) is 11.8. The van der Waals surface area contributed by atoms with Crippen LogP contribution < -0.4 is 5.32 Å². The highest BCUT2D eigenvalue weighted by atomic mass is 15.2. The molecule has 4 nitrogen and oxygen atoms in total.